The molecule has 0 spiro atoms. The summed E-state index contributed by atoms with van der Waals surface area (Å²) in [5, 5.41) is 6.46. The Balaban J connectivity index is 1.23. The highest BCUT2D eigenvalue weighted by molar-refractivity contribution is 8.18. The van der Waals surface area contributed by atoms with E-state index in [1.807, 2.05) is 18.2 Å². The van der Waals surface area contributed by atoms with Gasteiger partial charge in [0.2, 0.25) is 5.95 Å². The van der Waals surface area contributed by atoms with E-state index in [0.29, 0.717) is 16.5 Å². The van der Waals surface area contributed by atoms with E-state index in [0.717, 1.165) is 60.8 Å². The second kappa shape index (κ2) is 9.05. The minimum Gasteiger partial charge on any atom is -0.350 e. The van der Waals surface area contributed by atoms with Gasteiger partial charge in [-0.15, -0.1) is 0 Å². The average Bonchev–Trinajstić information content (AvgIpc) is 3.10. The number of piperidine rings is 1. The lowest BCUT2D eigenvalue weighted by atomic mass is 10.1. The first kappa shape index (κ1) is 20.6. The molecule has 0 aliphatic carbocycles. The molecule has 2 amide bonds. The number of rotatable bonds is 5. The second-order valence-corrected chi connectivity index (χ2v) is 8.89. The van der Waals surface area contributed by atoms with E-state index in [4.69, 9.17) is 4.98 Å². The number of carbonyl (C=O) groups is 2. The summed E-state index contributed by atoms with van der Waals surface area (Å²) in [7, 11) is 0. The van der Waals surface area contributed by atoms with E-state index in [9.17, 15) is 9.59 Å². The third-order valence-corrected chi connectivity index (χ3v) is 6.29. The van der Waals surface area contributed by atoms with Gasteiger partial charge in [-0.25, -0.2) is 9.97 Å². The van der Waals surface area contributed by atoms with Crippen LogP contribution in [0.3, 0.4) is 0 Å². The Bertz CT molecular complexity index is 1210. The highest BCUT2D eigenvalue weighted by Gasteiger charge is 2.25. The molecular weight excluding hydrogens is 424 g/mol. The van der Waals surface area contributed by atoms with Crippen LogP contribution in [0.15, 0.2) is 53.6 Å². The molecule has 2 aliphatic heterocycles. The number of amides is 2. The minimum absolute atomic E-state index is 0.220. The molecule has 2 N–H and O–H groups in total. The number of nitrogens with zero attached hydrogens (tertiary/aromatic N) is 4. The SMILES string of the molecule is O=C1NC(=O)/C(=C\c2ccnc(NC3CCCN(Cc4ccc5ccccc5n4)C3)n2)S1. The zero-order valence-electron chi connectivity index (χ0n) is 17.3. The molecular formula is C23H22N6O2S. The summed E-state index contributed by atoms with van der Waals surface area (Å²) in [5.41, 5.74) is 2.67. The number of benzene rings is 1. The summed E-state index contributed by atoms with van der Waals surface area (Å²) in [5.74, 6) is 0.128. The van der Waals surface area contributed by atoms with Crippen LogP contribution >= 0.6 is 11.8 Å². The largest absolute Gasteiger partial charge is 0.350 e. The van der Waals surface area contributed by atoms with Crippen LogP contribution in [-0.4, -0.2) is 50.1 Å². The van der Waals surface area contributed by atoms with E-state index in [1.165, 1.54) is 0 Å². The summed E-state index contributed by atoms with van der Waals surface area (Å²) in [6.45, 7) is 2.70. The number of nitrogens with one attached hydrogen (secondary N) is 2. The first-order chi connectivity index (χ1) is 15.6. The molecule has 2 fully saturated rings. The number of hydrogen-bond acceptors (Lipinski definition) is 8. The van der Waals surface area contributed by atoms with Crippen molar-refractivity contribution in [3.63, 3.8) is 0 Å². The third-order valence-electron chi connectivity index (χ3n) is 5.48. The fourth-order valence-electron chi connectivity index (χ4n) is 4.00. The molecule has 3 aromatic rings. The highest BCUT2D eigenvalue weighted by atomic mass is 32.2. The van der Waals surface area contributed by atoms with Crippen LogP contribution in [0, 0.1) is 0 Å². The molecule has 8 nitrogen and oxygen atoms in total. The maximum absolute atomic E-state index is 11.8. The van der Waals surface area contributed by atoms with Crippen LogP contribution in [0.4, 0.5) is 10.7 Å². The van der Waals surface area contributed by atoms with E-state index in [2.05, 4.69) is 43.7 Å². The molecule has 1 atom stereocenters. The number of likely N-dealkylation sites (tertiary alicyclic amines) is 1. The van der Waals surface area contributed by atoms with Crippen molar-refractivity contribution in [2.75, 3.05) is 18.4 Å². The van der Waals surface area contributed by atoms with Crippen molar-refractivity contribution in [3.8, 4) is 0 Å². The Morgan fingerprint density at radius 3 is 2.94 bits per heavy atom. The van der Waals surface area contributed by atoms with Crippen LogP contribution in [0.5, 0.6) is 0 Å². The molecule has 0 radical (unpaired) electrons. The van der Waals surface area contributed by atoms with Crippen molar-refractivity contribution in [2.45, 2.75) is 25.4 Å². The molecule has 2 saturated heterocycles. The van der Waals surface area contributed by atoms with Gasteiger partial charge in [0.1, 0.15) is 0 Å². The highest BCUT2D eigenvalue weighted by Crippen LogP contribution is 2.25. The van der Waals surface area contributed by atoms with Gasteiger partial charge in [-0.2, -0.15) is 0 Å². The maximum Gasteiger partial charge on any atom is 0.290 e. The molecule has 0 bridgehead atoms. The molecule has 5 rings (SSSR count). The van der Waals surface area contributed by atoms with Gasteiger partial charge in [0.25, 0.3) is 11.1 Å². The van der Waals surface area contributed by atoms with Crippen molar-refractivity contribution in [3.05, 3.63) is 65.0 Å². The number of fused-ring (bicyclic) bond motifs is 1. The van der Waals surface area contributed by atoms with E-state index >= 15 is 0 Å². The second-order valence-electron chi connectivity index (χ2n) is 7.87. The van der Waals surface area contributed by atoms with Gasteiger partial charge in [0.15, 0.2) is 0 Å². The summed E-state index contributed by atoms with van der Waals surface area (Å²) in [4.78, 5) is 39.5. The number of imide groups is 1. The lowest BCUT2D eigenvalue weighted by molar-refractivity contribution is -0.115. The molecule has 4 heterocycles. The van der Waals surface area contributed by atoms with Gasteiger partial charge in [-0.1, -0.05) is 24.3 Å². The predicted molar refractivity (Wildman–Crippen MR) is 125 cm³/mol. The van der Waals surface area contributed by atoms with Crippen LogP contribution in [0.2, 0.25) is 0 Å². The van der Waals surface area contributed by atoms with Gasteiger partial charge >= 0.3 is 0 Å². The Labute approximate surface area is 189 Å². The molecule has 1 aromatic carbocycles. The fraction of sp³-hybridized carbons (Fsp3) is 0.261. The van der Waals surface area contributed by atoms with Gasteiger partial charge in [0, 0.05) is 30.7 Å². The van der Waals surface area contributed by atoms with Crippen LogP contribution in [-0.2, 0) is 11.3 Å². The van der Waals surface area contributed by atoms with Crippen molar-refractivity contribution in [1.82, 2.24) is 25.2 Å². The number of hydrogen-bond donors (Lipinski definition) is 2. The Morgan fingerprint density at radius 1 is 1.16 bits per heavy atom. The first-order valence-corrected chi connectivity index (χ1v) is 11.4. The molecule has 1 unspecified atom stereocenters. The number of aromatic nitrogens is 3. The third kappa shape index (κ3) is 4.79. The zero-order valence-corrected chi connectivity index (χ0v) is 18.1. The standard InChI is InChI=1S/C23H22N6O2S/c30-21-20(32-23(31)28-21)12-16-9-10-24-22(26-16)27-17-5-3-11-29(13-17)14-18-8-7-15-4-1-2-6-19(15)25-18/h1-2,4,6-10,12,17H,3,5,11,13-14H2,(H,24,26,27)(H,28,30,31)/b20-12+. The molecule has 2 aliphatic rings. The van der Waals surface area contributed by atoms with Crippen LogP contribution < -0.4 is 10.6 Å². The van der Waals surface area contributed by atoms with Crippen LogP contribution in [0.25, 0.3) is 17.0 Å². The molecule has 0 saturated carbocycles. The molecule has 32 heavy (non-hydrogen) atoms. The first-order valence-electron chi connectivity index (χ1n) is 10.5. The topological polar surface area (TPSA) is 100 Å². The normalized spacial score (nSPS) is 20.6. The fourth-order valence-corrected chi connectivity index (χ4v) is 4.67. The summed E-state index contributed by atoms with van der Waals surface area (Å²) in [6, 6.07) is 14.3. The van der Waals surface area contributed by atoms with E-state index in [-0.39, 0.29) is 11.3 Å². The smallest absolute Gasteiger partial charge is 0.290 e. The van der Waals surface area contributed by atoms with Gasteiger partial charge in [-0.3, -0.25) is 24.8 Å². The minimum atomic E-state index is -0.390. The van der Waals surface area contributed by atoms with E-state index in [1.54, 1.807) is 18.3 Å². The number of para-hydroxylation sites is 1. The van der Waals surface area contributed by atoms with Crippen molar-refractivity contribution >= 4 is 45.8 Å². The molecule has 162 valence electrons. The Morgan fingerprint density at radius 2 is 2.06 bits per heavy atom. The van der Waals surface area contributed by atoms with Gasteiger partial charge < -0.3 is 5.32 Å². The molecule has 2 aromatic heterocycles. The van der Waals surface area contributed by atoms with Gasteiger partial charge in [-0.05, 0) is 55.4 Å². The Hall–Kier alpha value is -3.30. The lowest BCUT2D eigenvalue weighted by Gasteiger charge is -2.33. The van der Waals surface area contributed by atoms with E-state index < -0.39 is 5.91 Å². The number of pyridine rings is 1. The summed E-state index contributed by atoms with van der Waals surface area (Å²) in [6.07, 6.45) is 5.37. The lowest BCUT2D eigenvalue weighted by Crippen LogP contribution is -2.42. The van der Waals surface area contributed by atoms with Crippen molar-refractivity contribution in [1.29, 1.82) is 0 Å². The zero-order chi connectivity index (χ0) is 21.9. The number of carbonyl (C=O) groups excluding carboxylic acids is 2. The van der Waals surface area contributed by atoms with Crippen molar-refractivity contribution in [2.24, 2.45) is 0 Å². The number of anilines is 1. The Kier molecular flexibility index (Phi) is 5.83. The number of thioether (sulfide) groups is 1. The van der Waals surface area contributed by atoms with Crippen LogP contribution in [0.1, 0.15) is 24.2 Å². The van der Waals surface area contributed by atoms with Crippen molar-refractivity contribution < 1.29 is 9.59 Å². The summed E-state index contributed by atoms with van der Waals surface area (Å²) < 4.78 is 0. The molecule has 9 heteroatoms. The predicted octanol–water partition coefficient (Wildman–Crippen LogP) is 3.43. The average molecular weight is 447 g/mol. The maximum atomic E-state index is 11.8. The quantitative estimate of drug-likeness (QED) is 0.575. The van der Waals surface area contributed by atoms with Gasteiger partial charge in [0.05, 0.1) is 21.8 Å². The summed E-state index contributed by atoms with van der Waals surface area (Å²) >= 11 is 0.880. The monoisotopic (exact) mass is 446 g/mol.